The van der Waals surface area contributed by atoms with E-state index in [0.717, 1.165) is 5.75 Å². The summed E-state index contributed by atoms with van der Waals surface area (Å²) in [6.45, 7) is 1.96. The summed E-state index contributed by atoms with van der Waals surface area (Å²) in [7, 11) is 0.173. The molecule has 1 aromatic carbocycles. The van der Waals surface area contributed by atoms with Crippen molar-refractivity contribution in [2.45, 2.75) is 11.8 Å². The highest BCUT2D eigenvalue weighted by Crippen LogP contribution is 2.10. The average Bonchev–Trinajstić information content (AvgIpc) is 2.18. The summed E-state index contributed by atoms with van der Waals surface area (Å²) in [5.41, 5.74) is 0. The average molecular weight is 211 g/mol. The largest absolute Gasteiger partial charge is 0.461 e. The van der Waals surface area contributed by atoms with Crippen molar-refractivity contribution >= 4 is 16.9 Å². The standard InChI is InChI=1S/C11H15O2S/c1-10(12)13-8-9-14(2)11-6-4-3-5-7-11/h3-7H,8-9H2,1-2H3/q+1. The molecule has 14 heavy (non-hydrogen) atoms. The van der Waals surface area contributed by atoms with Gasteiger partial charge < -0.3 is 4.74 Å². The maximum absolute atomic E-state index is 10.5. The number of carbonyl (C=O) groups excluding carboxylic acids is 1. The summed E-state index contributed by atoms with van der Waals surface area (Å²) in [6, 6.07) is 10.3. The fourth-order valence-corrected chi connectivity index (χ4v) is 2.27. The fourth-order valence-electron chi connectivity index (χ4n) is 1.08. The second kappa shape index (κ2) is 5.70. The Bertz CT molecular complexity index is 285. The van der Waals surface area contributed by atoms with Gasteiger partial charge in [-0.15, -0.1) is 0 Å². The van der Waals surface area contributed by atoms with Gasteiger partial charge in [0, 0.05) is 17.8 Å². The van der Waals surface area contributed by atoms with E-state index in [0.29, 0.717) is 6.61 Å². The summed E-state index contributed by atoms with van der Waals surface area (Å²) in [5.74, 6) is 0.707. The van der Waals surface area contributed by atoms with E-state index in [1.54, 1.807) is 0 Å². The van der Waals surface area contributed by atoms with Gasteiger partial charge in [0.25, 0.3) is 0 Å². The van der Waals surface area contributed by atoms with Gasteiger partial charge >= 0.3 is 5.97 Å². The van der Waals surface area contributed by atoms with Gasteiger partial charge in [0.2, 0.25) is 0 Å². The molecule has 0 aliphatic rings. The van der Waals surface area contributed by atoms with Crippen LogP contribution in [-0.4, -0.2) is 24.6 Å². The monoisotopic (exact) mass is 211 g/mol. The normalized spacial score (nSPS) is 12.1. The predicted octanol–water partition coefficient (Wildman–Crippen LogP) is 1.86. The lowest BCUT2D eigenvalue weighted by atomic mass is 10.4. The molecule has 0 fully saturated rings. The summed E-state index contributed by atoms with van der Waals surface area (Å²) >= 11 is 0. The maximum atomic E-state index is 10.5. The van der Waals surface area contributed by atoms with E-state index in [1.807, 2.05) is 18.2 Å². The van der Waals surface area contributed by atoms with E-state index < -0.39 is 0 Å². The van der Waals surface area contributed by atoms with Crippen LogP contribution in [0.15, 0.2) is 35.2 Å². The highest BCUT2D eigenvalue weighted by Gasteiger charge is 2.14. The molecular formula is C11H15O2S+. The highest BCUT2D eigenvalue weighted by atomic mass is 32.2. The minimum atomic E-state index is -0.199. The van der Waals surface area contributed by atoms with E-state index in [1.165, 1.54) is 11.8 Å². The molecule has 0 saturated carbocycles. The molecule has 0 aliphatic heterocycles. The Kier molecular flexibility index (Phi) is 4.53. The van der Waals surface area contributed by atoms with Gasteiger partial charge in [-0.05, 0) is 12.1 Å². The second-order valence-electron chi connectivity index (χ2n) is 2.99. The molecule has 0 spiro atoms. The number of carbonyl (C=O) groups is 1. The molecular weight excluding hydrogens is 196 g/mol. The number of hydrogen-bond acceptors (Lipinski definition) is 2. The van der Waals surface area contributed by atoms with E-state index in [-0.39, 0.29) is 16.9 Å². The van der Waals surface area contributed by atoms with Crippen molar-refractivity contribution in [1.82, 2.24) is 0 Å². The van der Waals surface area contributed by atoms with Crippen LogP contribution in [0.4, 0.5) is 0 Å². The van der Waals surface area contributed by atoms with E-state index in [4.69, 9.17) is 4.74 Å². The zero-order valence-electron chi connectivity index (χ0n) is 8.53. The molecule has 1 aromatic rings. The first kappa shape index (κ1) is 11.1. The van der Waals surface area contributed by atoms with Crippen LogP contribution in [0, 0.1) is 0 Å². The van der Waals surface area contributed by atoms with Gasteiger partial charge in [0.15, 0.2) is 4.90 Å². The smallest absolute Gasteiger partial charge is 0.302 e. The minimum absolute atomic E-state index is 0.173. The highest BCUT2D eigenvalue weighted by molar-refractivity contribution is 7.96. The van der Waals surface area contributed by atoms with Crippen molar-refractivity contribution in [3.8, 4) is 0 Å². The number of hydrogen-bond donors (Lipinski definition) is 0. The molecule has 0 saturated heterocycles. The van der Waals surface area contributed by atoms with Crippen molar-refractivity contribution in [2.24, 2.45) is 0 Å². The molecule has 2 nitrogen and oxygen atoms in total. The first-order valence-electron chi connectivity index (χ1n) is 4.51. The van der Waals surface area contributed by atoms with Crippen LogP contribution in [0.5, 0.6) is 0 Å². The van der Waals surface area contributed by atoms with E-state index >= 15 is 0 Å². The molecule has 0 aromatic heterocycles. The van der Waals surface area contributed by atoms with Gasteiger partial charge in [-0.2, -0.15) is 0 Å². The first-order chi connectivity index (χ1) is 6.70. The quantitative estimate of drug-likeness (QED) is 0.561. The Morgan fingerprint density at radius 2 is 2.00 bits per heavy atom. The summed E-state index contributed by atoms with van der Waals surface area (Å²) in [4.78, 5) is 11.9. The van der Waals surface area contributed by atoms with Gasteiger partial charge in [-0.3, -0.25) is 4.79 Å². The number of benzene rings is 1. The summed E-state index contributed by atoms with van der Waals surface area (Å²) in [6.07, 6.45) is 2.17. The molecule has 3 heteroatoms. The molecule has 0 bridgehead atoms. The molecule has 0 N–H and O–H groups in total. The van der Waals surface area contributed by atoms with Crippen molar-refractivity contribution in [1.29, 1.82) is 0 Å². The molecule has 1 unspecified atom stereocenters. The van der Waals surface area contributed by atoms with Gasteiger partial charge in [-0.1, -0.05) is 18.2 Å². The molecule has 0 radical (unpaired) electrons. The minimum Gasteiger partial charge on any atom is -0.461 e. The van der Waals surface area contributed by atoms with Crippen molar-refractivity contribution in [3.05, 3.63) is 30.3 Å². The lowest BCUT2D eigenvalue weighted by Gasteiger charge is -2.02. The SMILES string of the molecule is CC(=O)OCC[S+](C)c1ccccc1. The Labute approximate surface area is 87.6 Å². The van der Waals surface area contributed by atoms with Crippen LogP contribution in [-0.2, 0) is 20.4 Å². The van der Waals surface area contributed by atoms with Crippen LogP contribution >= 0.6 is 0 Å². The molecule has 0 amide bonds. The predicted molar refractivity (Wildman–Crippen MR) is 59.5 cm³/mol. The van der Waals surface area contributed by atoms with Gasteiger partial charge in [0.1, 0.15) is 18.6 Å². The van der Waals surface area contributed by atoms with Crippen molar-refractivity contribution < 1.29 is 9.53 Å². The molecule has 1 atom stereocenters. The first-order valence-corrected chi connectivity index (χ1v) is 6.31. The third-order valence-electron chi connectivity index (χ3n) is 1.84. The molecule has 0 heterocycles. The van der Waals surface area contributed by atoms with Crippen LogP contribution in [0.1, 0.15) is 6.92 Å². The van der Waals surface area contributed by atoms with Gasteiger partial charge in [-0.25, -0.2) is 0 Å². The zero-order valence-corrected chi connectivity index (χ0v) is 9.34. The van der Waals surface area contributed by atoms with E-state index in [9.17, 15) is 4.79 Å². The number of rotatable bonds is 4. The topological polar surface area (TPSA) is 26.3 Å². The van der Waals surface area contributed by atoms with Crippen LogP contribution in [0.2, 0.25) is 0 Å². The Morgan fingerprint density at radius 1 is 1.36 bits per heavy atom. The Hall–Kier alpha value is -0.960. The lowest BCUT2D eigenvalue weighted by Crippen LogP contribution is -2.13. The second-order valence-corrected chi connectivity index (χ2v) is 5.15. The summed E-state index contributed by atoms with van der Waals surface area (Å²) in [5, 5.41) is 0. The number of ether oxygens (including phenoxy) is 1. The zero-order chi connectivity index (χ0) is 10.4. The number of esters is 1. The third kappa shape index (κ3) is 3.83. The molecule has 0 aliphatic carbocycles. The lowest BCUT2D eigenvalue weighted by molar-refractivity contribution is -0.140. The maximum Gasteiger partial charge on any atom is 0.302 e. The molecule has 76 valence electrons. The third-order valence-corrected chi connectivity index (χ3v) is 3.70. The van der Waals surface area contributed by atoms with Crippen molar-refractivity contribution in [2.75, 3.05) is 18.6 Å². The van der Waals surface area contributed by atoms with Crippen LogP contribution < -0.4 is 0 Å². The Morgan fingerprint density at radius 3 is 2.57 bits per heavy atom. The molecule has 1 rings (SSSR count). The van der Waals surface area contributed by atoms with Crippen LogP contribution in [0.3, 0.4) is 0 Å². The Balaban J connectivity index is 2.36. The van der Waals surface area contributed by atoms with E-state index in [2.05, 4.69) is 18.4 Å². The van der Waals surface area contributed by atoms with Crippen LogP contribution in [0.25, 0.3) is 0 Å². The van der Waals surface area contributed by atoms with Crippen molar-refractivity contribution in [3.63, 3.8) is 0 Å². The fraction of sp³-hybridized carbons (Fsp3) is 0.364. The summed E-state index contributed by atoms with van der Waals surface area (Å²) < 4.78 is 4.90. The van der Waals surface area contributed by atoms with Gasteiger partial charge in [0.05, 0.1) is 0 Å².